The zero-order chi connectivity index (χ0) is 24.2. The summed E-state index contributed by atoms with van der Waals surface area (Å²) in [5, 5.41) is 5.07. The first-order valence-corrected chi connectivity index (χ1v) is 14.1. The average Bonchev–Trinajstić information content (AvgIpc) is 3.68. The lowest BCUT2D eigenvalue weighted by atomic mass is 9.88. The first kappa shape index (κ1) is 22.1. The summed E-state index contributed by atoms with van der Waals surface area (Å²) in [5.74, 6) is 1.78. The third-order valence-corrected chi connectivity index (χ3v) is 8.97. The van der Waals surface area contributed by atoms with Gasteiger partial charge in [-0.15, -0.1) is 0 Å². The van der Waals surface area contributed by atoms with Crippen molar-refractivity contribution in [1.82, 2.24) is 4.98 Å². The quantitative estimate of drug-likeness (QED) is 0.259. The second-order valence-corrected chi connectivity index (χ2v) is 11.5. The molecule has 0 spiro atoms. The Morgan fingerprint density at radius 2 is 1.42 bits per heavy atom. The summed E-state index contributed by atoms with van der Waals surface area (Å²) < 4.78 is 6.55. The summed E-state index contributed by atoms with van der Waals surface area (Å²) in [4.78, 5) is 5.15. The van der Waals surface area contributed by atoms with Crippen molar-refractivity contribution in [2.24, 2.45) is 0 Å². The standard InChI is InChI=1S/C34H35NO/c1-21(2)31-20-35-33(27-16-15-24(17-28(27)31)22-9-3-4-10-22)30-19-25(23-11-5-6-12-23)18-29-26-13-7-8-14-32(26)36-34(29)30/h7-8,13-23H,3-6,9-12H2,1-2H3. The molecule has 0 N–H and O–H groups in total. The minimum atomic E-state index is 0.434. The maximum atomic E-state index is 6.55. The van der Waals surface area contributed by atoms with Gasteiger partial charge in [0.1, 0.15) is 11.2 Å². The summed E-state index contributed by atoms with van der Waals surface area (Å²) >= 11 is 0. The number of hydrogen-bond donors (Lipinski definition) is 0. The fraction of sp³-hybridized carbons (Fsp3) is 0.382. The molecule has 0 bridgehead atoms. The van der Waals surface area contributed by atoms with Crippen molar-refractivity contribution in [3.8, 4) is 11.3 Å². The number of rotatable bonds is 4. The van der Waals surface area contributed by atoms with Crippen LogP contribution in [0.1, 0.15) is 99.7 Å². The second kappa shape index (κ2) is 8.76. The van der Waals surface area contributed by atoms with Gasteiger partial charge >= 0.3 is 0 Å². The Kier molecular flexibility index (Phi) is 5.38. The summed E-state index contributed by atoms with van der Waals surface area (Å²) in [6, 6.07) is 20.5. The highest BCUT2D eigenvalue weighted by molar-refractivity contribution is 6.12. The number of nitrogens with zero attached hydrogens (tertiary/aromatic N) is 1. The number of pyridine rings is 1. The summed E-state index contributed by atoms with van der Waals surface area (Å²) in [7, 11) is 0. The van der Waals surface area contributed by atoms with Gasteiger partial charge in [0.15, 0.2) is 0 Å². The van der Waals surface area contributed by atoms with Gasteiger partial charge in [0, 0.05) is 27.9 Å². The van der Waals surface area contributed by atoms with Gasteiger partial charge in [0.2, 0.25) is 0 Å². The molecule has 3 aromatic carbocycles. The van der Waals surface area contributed by atoms with E-state index in [2.05, 4.69) is 74.6 Å². The van der Waals surface area contributed by atoms with Crippen molar-refractivity contribution in [2.75, 3.05) is 0 Å². The van der Waals surface area contributed by atoms with Gasteiger partial charge in [0.25, 0.3) is 0 Å². The van der Waals surface area contributed by atoms with Gasteiger partial charge in [-0.05, 0) is 83.7 Å². The zero-order valence-electron chi connectivity index (χ0n) is 21.5. The lowest BCUT2D eigenvalue weighted by Gasteiger charge is -2.18. The number of para-hydroxylation sites is 1. The summed E-state index contributed by atoms with van der Waals surface area (Å²) in [6.45, 7) is 4.58. The number of fused-ring (bicyclic) bond motifs is 4. The van der Waals surface area contributed by atoms with E-state index in [0.717, 1.165) is 22.4 Å². The van der Waals surface area contributed by atoms with Crippen LogP contribution in [0, 0.1) is 0 Å². The molecule has 0 aliphatic heterocycles. The highest BCUT2D eigenvalue weighted by Gasteiger charge is 2.24. The third kappa shape index (κ3) is 3.57. The Balaban J connectivity index is 1.50. The number of benzene rings is 3. The molecule has 0 unspecified atom stereocenters. The van der Waals surface area contributed by atoms with Crippen LogP contribution in [0.25, 0.3) is 44.0 Å². The van der Waals surface area contributed by atoms with Crippen LogP contribution in [0.2, 0.25) is 0 Å². The van der Waals surface area contributed by atoms with E-state index in [-0.39, 0.29) is 0 Å². The fourth-order valence-corrected chi connectivity index (χ4v) is 6.99. The van der Waals surface area contributed by atoms with Crippen LogP contribution < -0.4 is 0 Å². The largest absolute Gasteiger partial charge is 0.455 e. The van der Waals surface area contributed by atoms with E-state index in [1.165, 1.54) is 89.6 Å². The van der Waals surface area contributed by atoms with Crippen molar-refractivity contribution >= 4 is 32.7 Å². The van der Waals surface area contributed by atoms with Crippen LogP contribution in [0.4, 0.5) is 0 Å². The van der Waals surface area contributed by atoms with Crippen LogP contribution in [0.5, 0.6) is 0 Å². The Labute approximate surface area is 213 Å². The lowest BCUT2D eigenvalue weighted by Crippen LogP contribution is -1.99. The predicted octanol–water partition coefficient (Wildman–Crippen LogP) is 10.2. The van der Waals surface area contributed by atoms with Crippen LogP contribution >= 0.6 is 0 Å². The zero-order valence-corrected chi connectivity index (χ0v) is 21.5. The molecule has 7 rings (SSSR count). The number of furan rings is 1. The normalized spacial score (nSPS) is 17.4. The number of aromatic nitrogens is 1. The molecule has 2 heterocycles. The Morgan fingerprint density at radius 1 is 0.722 bits per heavy atom. The van der Waals surface area contributed by atoms with Gasteiger partial charge in [-0.3, -0.25) is 4.98 Å². The van der Waals surface area contributed by atoms with Crippen LogP contribution in [-0.2, 0) is 0 Å². The minimum absolute atomic E-state index is 0.434. The van der Waals surface area contributed by atoms with E-state index in [1.54, 1.807) is 0 Å². The van der Waals surface area contributed by atoms with E-state index >= 15 is 0 Å². The third-order valence-electron chi connectivity index (χ3n) is 8.97. The Morgan fingerprint density at radius 3 is 2.17 bits per heavy atom. The van der Waals surface area contributed by atoms with Crippen molar-refractivity contribution in [3.63, 3.8) is 0 Å². The molecule has 0 saturated heterocycles. The van der Waals surface area contributed by atoms with Gasteiger partial charge in [0.05, 0.1) is 5.69 Å². The smallest absolute Gasteiger partial charge is 0.144 e. The molecule has 2 saturated carbocycles. The molecule has 2 aliphatic carbocycles. The van der Waals surface area contributed by atoms with Crippen molar-refractivity contribution in [3.05, 3.63) is 77.5 Å². The van der Waals surface area contributed by atoms with E-state index in [1.807, 2.05) is 0 Å². The molecule has 0 atom stereocenters. The van der Waals surface area contributed by atoms with Gasteiger partial charge in [-0.25, -0.2) is 0 Å². The molecule has 2 aromatic heterocycles. The lowest BCUT2D eigenvalue weighted by molar-refractivity contribution is 0.668. The highest BCUT2D eigenvalue weighted by Crippen LogP contribution is 2.44. The van der Waals surface area contributed by atoms with E-state index in [9.17, 15) is 0 Å². The highest BCUT2D eigenvalue weighted by atomic mass is 16.3. The molecule has 0 amide bonds. The molecule has 182 valence electrons. The summed E-state index contributed by atoms with van der Waals surface area (Å²) in [5.41, 5.74) is 8.46. The molecule has 2 fully saturated rings. The van der Waals surface area contributed by atoms with Crippen LogP contribution in [0.3, 0.4) is 0 Å². The first-order valence-electron chi connectivity index (χ1n) is 14.1. The Bertz CT molecular complexity index is 1580. The molecule has 2 aliphatic rings. The molecule has 2 nitrogen and oxygen atoms in total. The predicted molar refractivity (Wildman–Crippen MR) is 151 cm³/mol. The van der Waals surface area contributed by atoms with Gasteiger partial charge in [-0.1, -0.05) is 75.9 Å². The first-order chi connectivity index (χ1) is 17.7. The maximum absolute atomic E-state index is 6.55. The molecule has 36 heavy (non-hydrogen) atoms. The second-order valence-electron chi connectivity index (χ2n) is 11.5. The molecular formula is C34H35NO. The summed E-state index contributed by atoms with van der Waals surface area (Å²) in [6.07, 6.45) is 12.7. The average molecular weight is 474 g/mol. The minimum Gasteiger partial charge on any atom is -0.455 e. The van der Waals surface area contributed by atoms with Crippen LogP contribution in [-0.4, -0.2) is 4.98 Å². The van der Waals surface area contributed by atoms with E-state index < -0.39 is 0 Å². The van der Waals surface area contributed by atoms with Crippen LogP contribution in [0.15, 0.2) is 65.2 Å². The van der Waals surface area contributed by atoms with E-state index in [0.29, 0.717) is 17.8 Å². The molecular weight excluding hydrogens is 438 g/mol. The Hall–Kier alpha value is -3.13. The molecule has 2 heteroatoms. The maximum Gasteiger partial charge on any atom is 0.144 e. The van der Waals surface area contributed by atoms with Crippen molar-refractivity contribution in [1.29, 1.82) is 0 Å². The molecule has 0 radical (unpaired) electrons. The van der Waals surface area contributed by atoms with E-state index in [4.69, 9.17) is 9.40 Å². The fourth-order valence-electron chi connectivity index (χ4n) is 6.99. The van der Waals surface area contributed by atoms with Gasteiger partial charge < -0.3 is 4.42 Å². The monoisotopic (exact) mass is 473 g/mol. The topological polar surface area (TPSA) is 26.0 Å². The van der Waals surface area contributed by atoms with Crippen molar-refractivity contribution < 1.29 is 4.42 Å². The van der Waals surface area contributed by atoms with Crippen molar-refractivity contribution in [2.45, 2.75) is 83.0 Å². The molecule has 5 aromatic rings. The van der Waals surface area contributed by atoms with Gasteiger partial charge in [-0.2, -0.15) is 0 Å². The SMILES string of the molecule is CC(C)c1cnc(-c2cc(C3CCCC3)cc3c2oc2ccccc23)c2ccc(C3CCCC3)cc12. The number of hydrogen-bond acceptors (Lipinski definition) is 2.